The Morgan fingerprint density at radius 3 is 2.81 bits per heavy atom. The van der Waals surface area contributed by atoms with Crippen molar-refractivity contribution in [3.63, 3.8) is 0 Å². The van der Waals surface area contributed by atoms with Crippen LogP contribution < -0.4 is 0 Å². The number of ketones is 1. The molecule has 2 aromatic rings. The molecule has 3 nitrogen and oxygen atoms in total. The summed E-state index contributed by atoms with van der Waals surface area (Å²) in [4.78, 5) is 17.0. The average Bonchev–Trinajstić information content (AvgIpc) is 2.58. The maximum Gasteiger partial charge on any atom is 0.195 e. The zero-order chi connectivity index (χ0) is 19.1. The fourth-order valence-electron chi connectivity index (χ4n) is 3.56. The van der Waals surface area contributed by atoms with Gasteiger partial charge in [-0.2, -0.15) is 0 Å². The van der Waals surface area contributed by atoms with Gasteiger partial charge in [0.25, 0.3) is 0 Å². The Hall–Kier alpha value is -1.85. The summed E-state index contributed by atoms with van der Waals surface area (Å²) in [5.74, 6) is -1.42. The number of fused-ring (bicyclic) bond motifs is 1. The van der Waals surface area contributed by atoms with Gasteiger partial charge in [-0.1, -0.05) is 30.7 Å². The first-order valence-electron chi connectivity index (χ1n) is 8.50. The first kappa shape index (κ1) is 18.9. The van der Waals surface area contributed by atoms with Crippen molar-refractivity contribution in [3.8, 4) is 0 Å². The SMILES string of the molecule is C[C@@H](CC(=O)[C@]1(F)CC[C@](C)(O)c2ncccc21)c1ccc(F)cc1Cl. The van der Waals surface area contributed by atoms with Crippen LogP contribution in [-0.4, -0.2) is 15.9 Å². The number of hydrogen-bond acceptors (Lipinski definition) is 3. The van der Waals surface area contributed by atoms with Gasteiger partial charge in [-0.15, -0.1) is 0 Å². The number of Topliss-reactive ketones (excluding diaryl/α,β-unsaturated/α-hetero) is 1. The Morgan fingerprint density at radius 1 is 1.38 bits per heavy atom. The van der Waals surface area contributed by atoms with Crippen LogP contribution in [0, 0.1) is 5.82 Å². The molecule has 1 aliphatic carbocycles. The van der Waals surface area contributed by atoms with Crippen LogP contribution in [0.1, 0.15) is 55.8 Å². The Balaban J connectivity index is 1.90. The number of halogens is 3. The smallest absolute Gasteiger partial charge is 0.195 e. The molecule has 1 heterocycles. The van der Waals surface area contributed by atoms with Crippen molar-refractivity contribution in [2.45, 2.75) is 50.3 Å². The van der Waals surface area contributed by atoms with Crippen LogP contribution in [0.3, 0.4) is 0 Å². The third-order valence-corrected chi connectivity index (χ3v) is 5.46. The summed E-state index contributed by atoms with van der Waals surface area (Å²) in [5.41, 5.74) is -2.54. The lowest BCUT2D eigenvalue weighted by Gasteiger charge is -2.38. The van der Waals surface area contributed by atoms with E-state index in [4.69, 9.17) is 11.6 Å². The Morgan fingerprint density at radius 2 is 2.12 bits per heavy atom. The van der Waals surface area contributed by atoms with Gasteiger partial charge in [0.2, 0.25) is 0 Å². The zero-order valence-electron chi connectivity index (χ0n) is 14.6. The number of carbonyl (C=O) groups is 1. The van der Waals surface area contributed by atoms with E-state index >= 15 is 4.39 Å². The van der Waals surface area contributed by atoms with Gasteiger partial charge < -0.3 is 5.11 Å². The summed E-state index contributed by atoms with van der Waals surface area (Å²) in [6.45, 7) is 3.33. The predicted octanol–water partition coefficient (Wildman–Crippen LogP) is 4.80. The van der Waals surface area contributed by atoms with Crippen LogP contribution in [0.15, 0.2) is 36.5 Å². The maximum atomic E-state index is 15.7. The quantitative estimate of drug-likeness (QED) is 0.829. The molecular formula is C20H20ClF2NO2. The first-order chi connectivity index (χ1) is 12.1. The van der Waals surface area contributed by atoms with Gasteiger partial charge in [0.05, 0.1) is 5.69 Å². The van der Waals surface area contributed by atoms with Gasteiger partial charge in [-0.3, -0.25) is 9.78 Å². The van der Waals surface area contributed by atoms with E-state index in [9.17, 15) is 14.3 Å². The van der Waals surface area contributed by atoms with Crippen LogP contribution in [-0.2, 0) is 16.1 Å². The van der Waals surface area contributed by atoms with E-state index in [-0.39, 0.29) is 41.5 Å². The van der Waals surface area contributed by atoms with Gasteiger partial charge in [-0.05, 0) is 49.4 Å². The minimum Gasteiger partial charge on any atom is -0.384 e. The van der Waals surface area contributed by atoms with E-state index in [0.717, 1.165) is 0 Å². The van der Waals surface area contributed by atoms with E-state index in [0.29, 0.717) is 5.56 Å². The van der Waals surface area contributed by atoms with Crippen LogP contribution in [0.25, 0.3) is 0 Å². The molecular weight excluding hydrogens is 360 g/mol. The molecule has 138 valence electrons. The molecule has 1 aromatic carbocycles. The minimum absolute atomic E-state index is 0.0850. The molecule has 0 unspecified atom stereocenters. The molecule has 0 amide bonds. The van der Waals surface area contributed by atoms with E-state index < -0.39 is 22.9 Å². The topological polar surface area (TPSA) is 50.2 Å². The molecule has 0 spiro atoms. The number of pyridine rings is 1. The van der Waals surface area contributed by atoms with Crippen molar-refractivity contribution in [1.29, 1.82) is 0 Å². The monoisotopic (exact) mass is 379 g/mol. The van der Waals surface area contributed by atoms with Gasteiger partial charge in [0, 0.05) is 23.2 Å². The van der Waals surface area contributed by atoms with Crippen molar-refractivity contribution >= 4 is 17.4 Å². The molecule has 3 atom stereocenters. The average molecular weight is 380 g/mol. The van der Waals surface area contributed by atoms with Crippen molar-refractivity contribution < 1.29 is 18.7 Å². The highest BCUT2D eigenvalue weighted by atomic mass is 35.5. The molecule has 1 N–H and O–H groups in total. The Bertz CT molecular complexity index is 855. The lowest BCUT2D eigenvalue weighted by Crippen LogP contribution is -2.42. The lowest BCUT2D eigenvalue weighted by atomic mass is 9.72. The van der Waals surface area contributed by atoms with E-state index in [1.54, 1.807) is 19.9 Å². The third-order valence-electron chi connectivity index (χ3n) is 5.13. The second-order valence-electron chi connectivity index (χ2n) is 7.17. The molecule has 1 aliphatic rings. The molecule has 1 aromatic heterocycles. The molecule has 0 saturated carbocycles. The Labute approximate surface area is 156 Å². The standard InChI is InChI=1S/C20H20ClF2NO2/c1-12(14-6-5-13(22)11-16(14)21)10-17(25)20(23)8-7-19(2,26)18-15(20)4-3-9-24-18/h3-6,9,11-12,26H,7-8,10H2,1-2H3/t12-,19-,20-/m0/s1. The highest BCUT2D eigenvalue weighted by Gasteiger charge is 2.50. The number of alkyl halides is 1. The highest BCUT2D eigenvalue weighted by molar-refractivity contribution is 6.31. The molecule has 26 heavy (non-hydrogen) atoms. The summed E-state index contributed by atoms with van der Waals surface area (Å²) >= 11 is 6.06. The molecule has 0 bridgehead atoms. The number of rotatable bonds is 4. The molecule has 0 saturated heterocycles. The predicted molar refractivity (Wildman–Crippen MR) is 95.3 cm³/mol. The molecule has 0 radical (unpaired) electrons. The third kappa shape index (κ3) is 3.26. The van der Waals surface area contributed by atoms with Crippen molar-refractivity contribution in [1.82, 2.24) is 4.98 Å². The second-order valence-corrected chi connectivity index (χ2v) is 7.58. The molecule has 0 fully saturated rings. The zero-order valence-corrected chi connectivity index (χ0v) is 15.4. The molecule has 0 aliphatic heterocycles. The molecule has 6 heteroatoms. The Kier molecular flexibility index (Phi) is 4.88. The summed E-state index contributed by atoms with van der Waals surface area (Å²) in [6.07, 6.45) is 1.38. The van der Waals surface area contributed by atoms with Crippen LogP contribution in [0.5, 0.6) is 0 Å². The molecule has 3 rings (SSSR count). The highest BCUT2D eigenvalue weighted by Crippen LogP contribution is 2.46. The van der Waals surface area contributed by atoms with Crippen molar-refractivity contribution in [2.75, 3.05) is 0 Å². The van der Waals surface area contributed by atoms with Gasteiger partial charge >= 0.3 is 0 Å². The lowest BCUT2D eigenvalue weighted by molar-refractivity contribution is -0.134. The maximum absolute atomic E-state index is 15.7. The number of aliphatic hydroxyl groups is 1. The number of hydrogen-bond donors (Lipinski definition) is 1. The van der Waals surface area contributed by atoms with Crippen LogP contribution in [0.4, 0.5) is 8.78 Å². The van der Waals surface area contributed by atoms with Gasteiger partial charge in [0.1, 0.15) is 11.4 Å². The summed E-state index contributed by atoms with van der Waals surface area (Å²) in [5, 5.41) is 10.7. The van der Waals surface area contributed by atoms with Crippen molar-refractivity contribution in [3.05, 3.63) is 64.2 Å². The summed E-state index contributed by atoms with van der Waals surface area (Å²) < 4.78 is 29.0. The van der Waals surface area contributed by atoms with E-state index in [2.05, 4.69) is 4.98 Å². The number of nitrogens with zero attached hydrogens (tertiary/aromatic N) is 1. The number of benzene rings is 1. The van der Waals surface area contributed by atoms with E-state index in [1.807, 2.05) is 0 Å². The van der Waals surface area contributed by atoms with Gasteiger partial charge in [0.15, 0.2) is 11.5 Å². The first-order valence-corrected chi connectivity index (χ1v) is 8.88. The number of aromatic nitrogens is 1. The normalized spacial score (nSPS) is 26.2. The number of carbonyl (C=O) groups excluding carboxylic acids is 1. The fraction of sp³-hybridized carbons (Fsp3) is 0.400. The van der Waals surface area contributed by atoms with Crippen molar-refractivity contribution in [2.24, 2.45) is 0 Å². The van der Waals surface area contributed by atoms with Crippen LogP contribution in [0.2, 0.25) is 5.02 Å². The minimum atomic E-state index is -2.20. The van der Waals surface area contributed by atoms with Crippen LogP contribution >= 0.6 is 11.6 Å². The largest absolute Gasteiger partial charge is 0.384 e. The summed E-state index contributed by atoms with van der Waals surface area (Å²) in [7, 11) is 0. The fourth-order valence-corrected chi connectivity index (χ4v) is 3.92. The van der Waals surface area contributed by atoms with Gasteiger partial charge in [-0.25, -0.2) is 8.78 Å². The van der Waals surface area contributed by atoms with E-state index in [1.165, 1.54) is 30.5 Å². The summed E-state index contributed by atoms with van der Waals surface area (Å²) in [6, 6.07) is 7.03. The second kappa shape index (κ2) is 6.71.